The second kappa shape index (κ2) is 10.5. The lowest BCUT2D eigenvalue weighted by molar-refractivity contribution is -0.121. The van der Waals surface area contributed by atoms with Crippen molar-refractivity contribution in [3.63, 3.8) is 0 Å². The first kappa shape index (κ1) is 21.7. The molecular weight excluding hydrogens is 312 g/mol. The molecule has 1 rings (SSSR count). The first-order valence-electron chi connectivity index (χ1n) is 8.04. The average molecular weight is 343 g/mol. The maximum atomic E-state index is 11.6. The highest BCUT2D eigenvalue weighted by atomic mass is 35.5. The zero-order chi connectivity index (χ0) is 16.6. The fraction of sp³-hybridized carbons (Fsp3) is 0.611. The quantitative estimate of drug-likeness (QED) is 0.711. The smallest absolute Gasteiger partial charge is 0.220 e. The van der Waals surface area contributed by atoms with Crippen molar-refractivity contribution in [1.82, 2.24) is 5.32 Å². The molecule has 0 spiro atoms. The normalized spacial score (nSPS) is 12.2. The Morgan fingerprint density at radius 3 is 2.39 bits per heavy atom. The third-order valence-corrected chi connectivity index (χ3v) is 3.46. The summed E-state index contributed by atoms with van der Waals surface area (Å²) in [6.45, 7) is 9.69. The summed E-state index contributed by atoms with van der Waals surface area (Å²) in [5.74, 6) is 0.915. The van der Waals surface area contributed by atoms with Crippen molar-refractivity contribution in [2.45, 2.75) is 58.4 Å². The van der Waals surface area contributed by atoms with E-state index in [-0.39, 0.29) is 29.8 Å². The van der Waals surface area contributed by atoms with E-state index < -0.39 is 0 Å². The van der Waals surface area contributed by atoms with Crippen molar-refractivity contribution in [1.29, 1.82) is 0 Å². The highest BCUT2D eigenvalue weighted by Gasteiger charge is 2.12. The third kappa shape index (κ3) is 9.47. The molecular formula is C18H31ClN2O2. The first-order chi connectivity index (χ1) is 10.3. The Bertz CT molecular complexity index is 453. The molecule has 0 fully saturated rings. The predicted molar refractivity (Wildman–Crippen MR) is 98.4 cm³/mol. The zero-order valence-corrected chi connectivity index (χ0v) is 15.5. The molecule has 1 aromatic rings. The van der Waals surface area contributed by atoms with Gasteiger partial charge in [0.2, 0.25) is 5.91 Å². The van der Waals surface area contributed by atoms with Crippen LogP contribution in [0.5, 0.6) is 5.75 Å². The molecule has 0 aromatic heterocycles. The number of hydrogen-bond acceptors (Lipinski definition) is 3. The van der Waals surface area contributed by atoms with Gasteiger partial charge in [-0.3, -0.25) is 4.79 Å². The van der Waals surface area contributed by atoms with Gasteiger partial charge in [-0.2, -0.15) is 0 Å². The van der Waals surface area contributed by atoms with Crippen LogP contribution in [0.2, 0.25) is 0 Å². The van der Waals surface area contributed by atoms with Crippen LogP contribution >= 0.6 is 12.4 Å². The van der Waals surface area contributed by atoms with Gasteiger partial charge in [-0.05, 0) is 42.9 Å². The van der Waals surface area contributed by atoms with E-state index >= 15 is 0 Å². The second-order valence-electron chi connectivity index (χ2n) is 6.84. The number of halogens is 1. The lowest BCUT2D eigenvalue weighted by Crippen LogP contribution is -2.28. The Labute approximate surface area is 146 Å². The topological polar surface area (TPSA) is 64.3 Å². The van der Waals surface area contributed by atoms with Crippen LogP contribution in [0.4, 0.5) is 0 Å². The third-order valence-electron chi connectivity index (χ3n) is 3.46. The Morgan fingerprint density at radius 1 is 1.26 bits per heavy atom. The maximum absolute atomic E-state index is 11.6. The monoisotopic (exact) mass is 342 g/mol. The van der Waals surface area contributed by atoms with E-state index in [4.69, 9.17) is 10.5 Å². The molecule has 1 atom stereocenters. The molecule has 1 aromatic carbocycles. The molecule has 0 aliphatic heterocycles. The van der Waals surface area contributed by atoms with Gasteiger partial charge < -0.3 is 15.8 Å². The SMILES string of the molecule is CC(N)CCNC(=O)CCCOc1ccc(C(C)(C)C)cc1.Cl. The molecule has 0 bridgehead atoms. The molecule has 4 nitrogen and oxygen atoms in total. The molecule has 5 heteroatoms. The summed E-state index contributed by atoms with van der Waals surface area (Å²) in [4.78, 5) is 11.6. The molecule has 0 saturated heterocycles. The minimum absolute atomic E-state index is 0. The maximum Gasteiger partial charge on any atom is 0.220 e. The predicted octanol–water partition coefficient (Wildman–Crippen LogP) is 3.42. The van der Waals surface area contributed by atoms with Crippen LogP contribution in [-0.2, 0) is 10.2 Å². The van der Waals surface area contributed by atoms with Gasteiger partial charge in [0.15, 0.2) is 0 Å². The molecule has 132 valence electrons. The Kier molecular flexibility index (Phi) is 9.93. The number of benzene rings is 1. The summed E-state index contributed by atoms with van der Waals surface area (Å²) >= 11 is 0. The van der Waals surface area contributed by atoms with Crippen LogP contribution in [0.25, 0.3) is 0 Å². The molecule has 3 N–H and O–H groups in total. The van der Waals surface area contributed by atoms with Gasteiger partial charge in [0.05, 0.1) is 6.61 Å². The Morgan fingerprint density at radius 2 is 1.87 bits per heavy atom. The van der Waals surface area contributed by atoms with E-state index in [0.29, 0.717) is 26.0 Å². The number of nitrogens with two attached hydrogens (primary N) is 1. The largest absolute Gasteiger partial charge is 0.494 e. The van der Waals surface area contributed by atoms with Gasteiger partial charge in [-0.1, -0.05) is 32.9 Å². The van der Waals surface area contributed by atoms with Gasteiger partial charge in [0.1, 0.15) is 5.75 Å². The van der Waals surface area contributed by atoms with E-state index in [0.717, 1.165) is 12.2 Å². The standard InChI is InChI=1S/C18H30N2O2.ClH/c1-14(19)11-12-20-17(21)6-5-13-22-16-9-7-15(8-10-16)18(2,3)4;/h7-10,14H,5-6,11-13,19H2,1-4H3,(H,20,21);1H. The average Bonchev–Trinajstić information content (AvgIpc) is 2.43. The summed E-state index contributed by atoms with van der Waals surface area (Å²) in [5.41, 5.74) is 7.07. The Hall–Kier alpha value is -1.26. The second-order valence-corrected chi connectivity index (χ2v) is 6.84. The van der Waals surface area contributed by atoms with Crippen molar-refractivity contribution in [3.05, 3.63) is 29.8 Å². The van der Waals surface area contributed by atoms with Crippen LogP contribution in [0.15, 0.2) is 24.3 Å². The van der Waals surface area contributed by atoms with E-state index in [1.807, 2.05) is 19.1 Å². The molecule has 0 aliphatic rings. The van der Waals surface area contributed by atoms with E-state index in [1.54, 1.807) is 0 Å². The van der Waals surface area contributed by atoms with Crippen molar-refractivity contribution >= 4 is 18.3 Å². The fourth-order valence-corrected chi connectivity index (χ4v) is 2.00. The summed E-state index contributed by atoms with van der Waals surface area (Å²) in [7, 11) is 0. The molecule has 1 unspecified atom stereocenters. The van der Waals surface area contributed by atoms with Gasteiger partial charge in [-0.25, -0.2) is 0 Å². The Balaban J connectivity index is 0.00000484. The molecule has 23 heavy (non-hydrogen) atoms. The van der Waals surface area contributed by atoms with Crippen LogP contribution in [0.3, 0.4) is 0 Å². The van der Waals surface area contributed by atoms with Crippen molar-refractivity contribution in [2.75, 3.05) is 13.2 Å². The van der Waals surface area contributed by atoms with Gasteiger partial charge in [0, 0.05) is 19.0 Å². The lowest BCUT2D eigenvalue weighted by Gasteiger charge is -2.19. The molecule has 0 radical (unpaired) electrons. The van der Waals surface area contributed by atoms with Crippen molar-refractivity contribution < 1.29 is 9.53 Å². The van der Waals surface area contributed by atoms with Crippen LogP contribution < -0.4 is 15.8 Å². The lowest BCUT2D eigenvalue weighted by atomic mass is 9.87. The highest BCUT2D eigenvalue weighted by Crippen LogP contribution is 2.24. The minimum Gasteiger partial charge on any atom is -0.494 e. The fourth-order valence-electron chi connectivity index (χ4n) is 2.00. The highest BCUT2D eigenvalue weighted by molar-refractivity contribution is 5.85. The number of carbonyl (C=O) groups is 1. The number of amides is 1. The van der Waals surface area contributed by atoms with Crippen LogP contribution in [-0.4, -0.2) is 25.1 Å². The van der Waals surface area contributed by atoms with Crippen LogP contribution in [0, 0.1) is 0 Å². The minimum atomic E-state index is 0. The number of nitrogens with one attached hydrogen (secondary N) is 1. The van der Waals surface area contributed by atoms with Crippen molar-refractivity contribution in [3.8, 4) is 5.75 Å². The molecule has 0 aliphatic carbocycles. The summed E-state index contributed by atoms with van der Waals surface area (Å²) < 4.78 is 5.67. The van der Waals surface area contributed by atoms with Gasteiger partial charge in [0.25, 0.3) is 0 Å². The zero-order valence-electron chi connectivity index (χ0n) is 14.7. The van der Waals surface area contributed by atoms with E-state index in [9.17, 15) is 4.79 Å². The number of hydrogen-bond donors (Lipinski definition) is 2. The van der Waals surface area contributed by atoms with Crippen LogP contribution in [0.1, 0.15) is 52.5 Å². The molecule has 0 saturated carbocycles. The molecule has 0 heterocycles. The van der Waals surface area contributed by atoms with Gasteiger partial charge >= 0.3 is 0 Å². The molecule has 1 amide bonds. The number of rotatable bonds is 8. The van der Waals surface area contributed by atoms with Gasteiger partial charge in [-0.15, -0.1) is 12.4 Å². The number of ether oxygens (including phenoxy) is 1. The summed E-state index contributed by atoms with van der Waals surface area (Å²) in [6, 6.07) is 8.29. The van der Waals surface area contributed by atoms with Crippen molar-refractivity contribution in [2.24, 2.45) is 5.73 Å². The van der Waals surface area contributed by atoms with E-state index in [1.165, 1.54) is 5.56 Å². The van der Waals surface area contributed by atoms with E-state index in [2.05, 4.69) is 38.2 Å². The summed E-state index contributed by atoms with van der Waals surface area (Å²) in [6.07, 6.45) is 2.01. The number of carbonyl (C=O) groups excluding carboxylic acids is 1. The first-order valence-corrected chi connectivity index (χ1v) is 8.04. The summed E-state index contributed by atoms with van der Waals surface area (Å²) in [5, 5.41) is 2.86.